The van der Waals surface area contributed by atoms with E-state index in [4.69, 9.17) is 14.0 Å². The molecule has 2 aromatic rings. The molecule has 0 aliphatic carbocycles. The molecule has 0 saturated carbocycles. The normalized spacial score (nSPS) is 11.4. The molecule has 3 amide bonds. The standard InChI is InChI=1S/C19H23N3O6/c1-5-20-19(25)21-17(23)13(4)27-18(24)14-6-8-15(9-7-14)26-10-16-11(2)22-28-12(16)3/h6-9,13H,5,10H2,1-4H3,(H2,20,21,23,25)/t13-/m1/s1. The monoisotopic (exact) mass is 389 g/mol. The Hall–Kier alpha value is -3.36. The van der Waals surface area contributed by atoms with Crippen LogP contribution >= 0.6 is 0 Å². The molecule has 150 valence electrons. The van der Waals surface area contributed by atoms with Gasteiger partial charge in [-0.3, -0.25) is 10.1 Å². The topological polar surface area (TPSA) is 120 Å². The third-order valence-corrected chi connectivity index (χ3v) is 3.88. The maximum absolute atomic E-state index is 12.2. The van der Waals surface area contributed by atoms with Crippen molar-refractivity contribution in [1.29, 1.82) is 0 Å². The number of benzene rings is 1. The van der Waals surface area contributed by atoms with E-state index in [0.29, 0.717) is 24.7 Å². The minimum atomic E-state index is -1.12. The van der Waals surface area contributed by atoms with Gasteiger partial charge in [-0.05, 0) is 52.0 Å². The Morgan fingerprint density at radius 1 is 1.18 bits per heavy atom. The van der Waals surface area contributed by atoms with Gasteiger partial charge in [-0.1, -0.05) is 5.16 Å². The molecule has 1 atom stereocenters. The number of aryl methyl sites for hydroxylation is 2. The van der Waals surface area contributed by atoms with E-state index < -0.39 is 24.0 Å². The van der Waals surface area contributed by atoms with Gasteiger partial charge in [-0.15, -0.1) is 0 Å². The summed E-state index contributed by atoms with van der Waals surface area (Å²) in [7, 11) is 0. The number of hydrogen-bond donors (Lipinski definition) is 2. The highest BCUT2D eigenvalue weighted by Gasteiger charge is 2.20. The fourth-order valence-electron chi connectivity index (χ4n) is 2.25. The molecule has 0 fully saturated rings. The fourth-order valence-corrected chi connectivity index (χ4v) is 2.25. The third kappa shape index (κ3) is 5.57. The van der Waals surface area contributed by atoms with E-state index in [-0.39, 0.29) is 5.56 Å². The van der Waals surface area contributed by atoms with Gasteiger partial charge in [0.05, 0.1) is 16.8 Å². The number of nitrogens with one attached hydrogen (secondary N) is 2. The summed E-state index contributed by atoms with van der Waals surface area (Å²) in [6.07, 6.45) is -1.12. The van der Waals surface area contributed by atoms with Crippen molar-refractivity contribution in [3.05, 3.63) is 46.8 Å². The first-order valence-corrected chi connectivity index (χ1v) is 8.76. The largest absolute Gasteiger partial charge is 0.489 e. The van der Waals surface area contributed by atoms with Crippen LogP contribution in [0.5, 0.6) is 5.75 Å². The summed E-state index contributed by atoms with van der Waals surface area (Å²) >= 11 is 0. The van der Waals surface area contributed by atoms with Crippen molar-refractivity contribution in [3.63, 3.8) is 0 Å². The summed E-state index contributed by atoms with van der Waals surface area (Å²) in [6, 6.07) is 5.65. The molecule has 0 aliphatic heterocycles. The first kappa shape index (κ1) is 20.9. The SMILES string of the molecule is CCNC(=O)NC(=O)[C@@H](C)OC(=O)c1ccc(OCc2c(C)noc2C)cc1. The van der Waals surface area contributed by atoms with E-state index in [2.05, 4.69) is 15.8 Å². The third-order valence-electron chi connectivity index (χ3n) is 3.88. The molecule has 1 heterocycles. The molecular formula is C19H23N3O6. The van der Waals surface area contributed by atoms with Crippen molar-refractivity contribution in [3.8, 4) is 5.75 Å². The van der Waals surface area contributed by atoms with Crippen LogP contribution in [0.3, 0.4) is 0 Å². The summed E-state index contributed by atoms with van der Waals surface area (Å²) in [5.41, 5.74) is 1.88. The average molecular weight is 389 g/mol. The maximum atomic E-state index is 12.2. The van der Waals surface area contributed by atoms with Crippen molar-refractivity contribution in [2.24, 2.45) is 0 Å². The molecule has 0 unspecified atom stereocenters. The lowest BCUT2D eigenvalue weighted by atomic mass is 10.2. The second-order valence-corrected chi connectivity index (χ2v) is 6.01. The van der Waals surface area contributed by atoms with E-state index in [9.17, 15) is 14.4 Å². The van der Waals surface area contributed by atoms with E-state index in [1.807, 2.05) is 6.92 Å². The van der Waals surface area contributed by atoms with Crippen LogP contribution in [0.15, 0.2) is 28.8 Å². The Balaban J connectivity index is 1.89. The Morgan fingerprint density at radius 2 is 1.86 bits per heavy atom. The van der Waals surface area contributed by atoms with Gasteiger partial charge in [0.1, 0.15) is 18.1 Å². The number of imide groups is 1. The Bertz CT molecular complexity index is 824. The Morgan fingerprint density at radius 3 is 2.43 bits per heavy atom. The highest BCUT2D eigenvalue weighted by molar-refractivity contribution is 5.98. The average Bonchev–Trinajstić information content (AvgIpc) is 2.98. The number of aromatic nitrogens is 1. The molecule has 2 N–H and O–H groups in total. The van der Waals surface area contributed by atoms with Crippen molar-refractivity contribution in [1.82, 2.24) is 15.8 Å². The molecular weight excluding hydrogens is 366 g/mol. The minimum absolute atomic E-state index is 0.252. The van der Waals surface area contributed by atoms with Crippen molar-refractivity contribution < 1.29 is 28.4 Å². The zero-order valence-corrected chi connectivity index (χ0v) is 16.2. The van der Waals surface area contributed by atoms with Crippen LogP contribution < -0.4 is 15.4 Å². The van der Waals surface area contributed by atoms with Crippen molar-refractivity contribution >= 4 is 17.9 Å². The molecule has 1 aromatic carbocycles. The number of esters is 1. The molecule has 1 aromatic heterocycles. The number of carbonyl (C=O) groups is 3. The number of urea groups is 1. The van der Waals surface area contributed by atoms with Crippen LogP contribution in [-0.2, 0) is 16.1 Å². The first-order valence-electron chi connectivity index (χ1n) is 8.76. The zero-order chi connectivity index (χ0) is 20.7. The summed E-state index contributed by atoms with van der Waals surface area (Å²) in [5.74, 6) is -0.148. The lowest BCUT2D eigenvalue weighted by molar-refractivity contribution is -0.127. The second-order valence-electron chi connectivity index (χ2n) is 6.01. The first-order chi connectivity index (χ1) is 13.3. The van der Waals surface area contributed by atoms with Gasteiger partial charge in [0, 0.05) is 6.54 Å². The zero-order valence-electron chi connectivity index (χ0n) is 16.2. The van der Waals surface area contributed by atoms with E-state index >= 15 is 0 Å². The molecule has 0 bridgehead atoms. The van der Waals surface area contributed by atoms with Gasteiger partial charge >= 0.3 is 12.0 Å². The predicted molar refractivity (Wildman–Crippen MR) is 98.8 cm³/mol. The van der Waals surface area contributed by atoms with Gasteiger partial charge in [0.25, 0.3) is 5.91 Å². The van der Waals surface area contributed by atoms with Gasteiger partial charge in [-0.25, -0.2) is 9.59 Å². The second kappa shape index (κ2) is 9.54. The number of hydrogen-bond acceptors (Lipinski definition) is 7. The van der Waals surface area contributed by atoms with E-state index in [0.717, 1.165) is 11.3 Å². The van der Waals surface area contributed by atoms with E-state index in [1.54, 1.807) is 26.0 Å². The molecule has 0 spiro atoms. The summed E-state index contributed by atoms with van der Waals surface area (Å²) in [6.45, 7) is 7.40. The number of nitrogens with zero attached hydrogens (tertiary/aromatic N) is 1. The smallest absolute Gasteiger partial charge is 0.338 e. The lowest BCUT2D eigenvalue weighted by Gasteiger charge is -2.13. The molecule has 28 heavy (non-hydrogen) atoms. The van der Waals surface area contributed by atoms with Gasteiger partial charge in [0.2, 0.25) is 0 Å². The number of carbonyl (C=O) groups excluding carboxylic acids is 3. The van der Waals surface area contributed by atoms with Crippen LogP contribution in [0.25, 0.3) is 0 Å². The molecule has 9 heteroatoms. The summed E-state index contributed by atoms with van der Waals surface area (Å²) in [5, 5.41) is 8.36. The highest BCUT2D eigenvalue weighted by atomic mass is 16.5. The minimum Gasteiger partial charge on any atom is -0.489 e. The molecule has 0 saturated heterocycles. The molecule has 0 radical (unpaired) electrons. The maximum Gasteiger partial charge on any atom is 0.338 e. The van der Waals surface area contributed by atoms with Crippen LogP contribution in [0, 0.1) is 13.8 Å². The van der Waals surface area contributed by atoms with Crippen LogP contribution in [0.4, 0.5) is 4.79 Å². The highest BCUT2D eigenvalue weighted by Crippen LogP contribution is 2.18. The Labute approximate surface area is 162 Å². The predicted octanol–water partition coefficient (Wildman–Crippen LogP) is 2.26. The van der Waals surface area contributed by atoms with Crippen molar-refractivity contribution in [2.75, 3.05) is 6.54 Å². The molecule has 0 aliphatic rings. The van der Waals surface area contributed by atoms with Crippen LogP contribution in [0.2, 0.25) is 0 Å². The van der Waals surface area contributed by atoms with Crippen molar-refractivity contribution in [2.45, 2.75) is 40.4 Å². The van der Waals surface area contributed by atoms with Crippen LogP contribution in [-0.4, -0.2) is 35.7 Å². The number of amides is 3. The number of rotatable bonds is 7. The van der Waals surface area contributed by atoms with Gasteiger partial charge in [-0.2, -0.15) is 0 Å². The quantitative estimate of drug-likeness (QED) is 0.697. The van der Waals surface area contributed by atoms with Gasteiger partial charge < -0.3 is 19.3 Å². The van der Waals surface area contributed by atoms with E-state index in [1.165, 1.54) is 19.1 Å². The molecule has 9 nitrogen and oxygen atoms in total. The summed E-state index contributed by atoms with van der Waals surface area (Å²) < 4.78 is 15.8. The summed E-state index contributed by atoms with van der Waals surface area (Å²) in [4.78, 5) is 35.3. The lowest BCUT2D eigenvalue weighted by Crippen LogP contribution is -2.44. The molecule has 2 rings (SSSR count). The fraction of sp³-hybridized carbons (Fsp3) is 0.368. The number of ether oxygens (including phenoxy) is 2. The Kier molecular flexibility index (Phi) is 7.14. The van der Waals surface area contributed by atoms with Crippen LogP contribution in [0.1, 0.15) is 41.2 Å². The van der Waals surface area contributed by atoms with Gasteiger partial charge in [0.15, 0.2) is 6.10 Å².